The summed E-state index contributed by atoms with van der Waals surface area (Å²) >= 11 is 1.53. The summed E-state index contributed by atoms with van der Waals surface area (Å²) in [6.07, 6.45) is 2.14. The monoisotopic (exact) mass is 422 g/mol. The highest BCUT2D eigenvalue weighted by molar-refractivity contribution is 7.17. The Morgan fingerprint density at radius 1 is 1.23 bits per heavy atom. The largest absolute Gasteiger partial charge is 0.489 e. The zero-order valence-corrected chi connectivity index (χ0v) is 17.8. The Morgan fingerprint density at radius 2 is 2.07 bits per heavy atom. The Labute approximate surface area is 177 Å². The lowest BCUT2D eigenvalue weighted by Gasteiger charge is -2.20. The summed E-state index contributed by atoms with van der Waals surface area (Å²) in [4.78, 5) is 32.9. The van der Waals surface area contributed by atoms with Crippen LogP contribution in [0.15, 0.2) is 29.9 Å². The number of nitrogens with zero attached hydrogens (tertiary/aromatic N) is 2. The van der Waals surface area contributed by atoms with Crippen molar-refractivity contribution in [2.75, 3.05) is 11.9 Å². The molecule has 4 heterocycles. The molecule has 30 heavy (non-hydrogen) atoms. The fourth-order valence-corrected chi connectivity index (χ4v) is 4.77. The summed E-state index contributed by atoms with van der Waals surface area (Å²) in [6, 6.07) is 5.86. The van der Waals surface area contributed by atoms with Crippen LogP contribution >= 0.6 is 11.3 Å². The van der Waals surface area contributed by atoms with E-state index in [0.717, 1.165) is 38.5 Å². The summed E-state index contributed by atoms with van der Waals surface area (Å²) in [5.41, 5.74) is 5.36. The molecule has 2 amide bonds. The predicted molar refractivity (Wildman–Crippen MR) is 116 cm³/mol. The van der Waals surface area contributed by atoms with E-state index < -0.39 is 5.41 Å². The highest BCUT2D eigenvalue weighted by atomic mass is 32.1. The maximum absolute atomic E-state index is 12.3. The van der Waals surface area contributed by atoms with Gasteiger partial charge in [0, 0.05) is 41.9 Å². The molecule has 8 heteroatoms. The lowest BCUT2D eigenvalue weighted by Crippen LogP contribution is -2.26. The van der Waals surface area contributed by atoms with Gasteiger partial charge >= 0.3 is 0 Å². The third-order valence-electron chi connectivity index (χ3n) is 6.07. The fraction of sp³-hybridized carbons (Fsp3) is 0.364. The Bertz CT molecular complexity index is 1190. The van der Waals surface area contributed by atoms with Gasteiger partial charge in [-0.05, 0) is 39.0 Å². The van der Waals surface area contributed by atoms with E-state index in [4.69, 9.17) is 4.74 Å². The van der Waals surface area contributed by atoms with Gasteiger partial charge < -0.3 is 15.4 Å². The smallest absolute Gasteiger partial charge is 0.234 e. The van der Waals surface area contributed by atoms with Crippen LogP contribution < -0.4 is 15.4 Å². The minimum atomic E-state index is -0.587. The van der Waals surface area contributed by atoms with Crippen LogP contribution in [0.4, 0.5) is 5.69 Å². The molecule has 1 aromatic carbocycles. The number of benzene rings is 1. The molecule has 2 N–H and O–H groups in total. The number of aromatic nitrogens is 2. The number of hydrogen-bond donors (Lipinski definition) is 2. The van der Waals surface area contributed by atoms with Crippen LogP contribution in [0.3, 0.4) is 0 Å². The van der Waals surface area contributed by atoms with Crippen LogP contribution in [-0.2, 0) is 15.0 Å². The molecule has 5 rings (SSSR count). The van der Waals surface area contributed by atoms with Crippen LogP contribution in [0.5, 0.6) is 5.75 Å². The van der Waals surface area contributed by atoms with Crippen molar-refractivity contribution in [1.29, 1.82) is 0 Å². The Kier molecular flexibility index (Phi) is 4.28. The lowest BCUT2D eigenvalue weighted by atomic mass is 9.87. The summed E-state index contributed by atoms with van der Waals surface area (Å²) < 4.78 is 7.27. The van der Waals surface area contributed by atoms with Crippen LogP contribution in [0.2, 0.25) is 0 Å². The molecule has 3 aromatic rings. The normalized spacial score (nSPS) is 20.7. The minimum absolute atomic E-state index is 0.0241. The van der Waals surface area contributed by atoms with Crippen LogP contribution in [0, 0.1) is 5.92 Å². The molecule has 0 saturated carbocycles. The first-order valence-electron chi connectivity index (χ1n) is 9.96. The van der Waals surface area contributed by atoms with Gasteiger partial charge in [-0.25, -0.2) is 4.98 Å². The molecular formula is C22H22N4O3S. The molecule has 1 saturated heterocycles. The number of pyridine rings is 1. The number of rotatable bonds is 4. The topological polar surface area (TPSA) is 93.2 Å². The van der Waals surface area contributed by atoms with Crippen LogP contribution in [-0.4, -0.2) is 34.4 Å². The molecular weight excluding hydrogens is 400 g/mol. The number of amides is 2. The molecule has 2 aliphatic rings. The average Bonchev–Trinajstić information content (AvgIpc) is 3.40. The standard InChI is InChI=1S/C22H22N4O3S/c1-11(13-6-19(27)24-8-13)29-18-5-12(4-17-20(18)30-10-25-17)15-7-16-14(9-23-15)22(2,3)21(28)26-16/h4-5,7,9-11,13H,6,8H2,1-3H3,(H,24,27)(H,26,28)/t11-,13?/m1/s1. The van der Waals surface area contributed by atoms with E-state index in [0.29, 0.717) is 13.0 Å². The van der Waals surface area contributed by atoms with E-state index in [9.17, 15) is 9.59 Å². The van der Waals surface area contributed by atoms with Crippen molar-refractivity contribution >= 4 is 39.1 Å². The van der Waals surface area contributed by atoms with Crippen LogP contribution in [0.25, 0.3) is 21.5 Å². The Hall–Kier alpha value is -3.00. The first kappa shape index (κ1) is 19.0. The number of nitrogens with one attached hydrogen (secondary N) is 2. The minimum Gasteiger partial charge on any atom is -0.489 e. The highest BCUT2D eigenvalue weighted by Crippen LogP contribution is 2.40. The molecule has 0 radical (unpaired) electrons. The number of ether oxygens (including phenoxy) is 1. The SMILES string of the molecule is C[C@@H](Oc1cc(-c2cc3c(cn2)C(C)(C)C(=O)N3)cc2ncsc12)C1CNC(=O)C1. The summed E-state index contributed by atoms with van der Waals surface area (Å²) in [6.45, 7) is 6.42. The summed E-state index contributed by atoms with van der Waals surface area (Å²) in [5.74, 6) is 0.923. The number of hydrogen-bond acceptors (Lipinski definition) is 6. The first-order chi connectivity index (χ1) is 14.3. The average molecular weight is 423 g/mol. The Balaban J connectivity index is 1.51. The van der Waals surface area contributed by atoms with Crippen molar-refractivity contribution in [3.63, 3.8) is 0 Å². The number of thiazole rings is 1. The van der Waals surface area contributed by atoms with Gasteiger partial charge in [0.15, 0.2) is 0 Å². The van der Waals surface area contributed by atoms with Gasteiger partial charge in [0.1, 0.15) is 11.9 Å². The zero-order chi connectivity index (χ0) is 21.0. The molecule has 1 fully saturated rings. The van der Waals surface area contributed by atoms with E-state index in [1.54, 1.807) is 11.7 Å². The highest BCUT2D eigenvalue weighted by Gasteiger charge is 2.38. The van der Waals surface area contributed by atoms with Gasteiger partial charge in [-0.3, -0.25) is 14.6 Å². The second-order valence-corrected chi connectivity index (χ2v) is 9.32. The molecule has 0 aliphatic carbocycles. The van der Waals surface area contributed by atoms with E-state index in [2.05, 4.69) is 20.6 Å². The van der Waals surface area contributed by atoms with Crippen molar-refractivity contribution < 1.29 is 14.3 Å². The van der Waals surface area contributed by atoms with Crippen LogP contribution in [0.1, 0.15) is 32.8 Å². The van der Waals surface area contributed by atoms with Crippen molar-refractivity contribution in [3.8, 4) is 17.0 Å². The first-order valence-corrected chi connectivity index (χ1v) is 10.8. The molecule has 7 nitrogen and oxygen atoms in total. The lowest BCUT2D eigenvalue weighted by molar-refractivity contribution is -0.120. The molecule has 2 atom stereocenters. The van der Waals surface area contributed by atoms with Crippen molar-refractivity contribution in [1.82, 2.24) is 15.3 Å². The van der Waals surface area contributed by atoms with Gasteiger partial charge in [0.25, 0.3) is 0 Å². The van der Waals surface area contributed by atoms with Gasteiger partial charge in [0.2, 0.25) is 11.8 Å². The number of carbonyl (C=O) groups is 2. The van der Waals surface area contributed by atoms with E-state index in [-0.39, 0.29) is 23.8 Å². The third-order valence-corrected chi connectivity index (χ3v) is 6.93. The second-order valence-electron chi connectivity index (χ2n) is 8.46. The zero-order valence-electron chi connectivity index (χ0n) is 17.0. The molecule has 154 valence electrons. The molecule has 0 spiro atoms. The molecule has 0 bridgehead atoms. The molecule has 2 aromatic heterocycles. The summed E-state index contributed by atoms with van der Waals surface area (Å²) in [7, 11) is 0. The van der Waals surface area contributed by atoms with Gasteiger partial charge in [-0.1, -0.05) is 0 Å². The van der Waals surface area contributed by atoms with Crippen molar-refractivity contribution in [2.24, 2.45) is 5.92 Å². The summed E-state index contributed by atoms with van der Waals surface area (Å²) in [5, 5.41) is 5.82. The van der Waals surface area contributed by atoms with Gasteiger partial charge in [-0.2, -0.15) is 0 Å². The third kappa shape index (κ3) is 3.02. The quantitative estimate of drug-likeness (QED) is 0.671. The van der Waals surface area contributed by atoms with E-state index in [1.165, 1.54) is 11.3 Å². The number of anilines is 1. The van der Waals surface area contributed by atoms with Gasteiger partial charge in [-0.15, -0.1) is 11.3 Å². The molecule has 2 aliphatic heterocycles. The number of carbonyl (C=O) groups excluding carboxylic acids is 2. The van der Waals surface area contributed by atoms with Crippen molar-refractivity contribution in [3.05, 3.63) is 35.5 Å². The predicted octanol–water partition coefficient (Wildman–Crippen LogP) is 3.49. The maximum atomic E-state index is 12.3. The molecule has 1 unspecified atom stereocenters. The number of fused-ring (bicyclic) bond motifs is 2. The Morgan fingerprint density at radius 3 is 2.83 bits per heavy atom. The maximum Gasteiger partial charge on any atom is 0.234 e. The van der Waals surface area contributed by atoms with E-state index in [1.807, 2.05) is 39.0 Å². The van der Waals surface area contributed by atoms with Gasteiger partial charge in [0.05, 0.1) is 26.8 Å². The second kappa shape index (κ2) is 6.77. The van der Waals surface area contributed by atoms with E-state index >= 15 is 0 Å². The van der Waals surface area contributed by atoms with Crippen molar-refractivity contribution in [2.45, 2.75) is 38.7 Å². The fourth-order valence-electron chi connectivity index (χ4n) is 4.04.